The van der Waals surface area contributed by atoms with Gasteiger partial charge in [0.15, 0.2) is 0 Å². The SMILES string of the molecule is FC(F)(F)c1cccc[c]1[Hg]. The Balaban J connectivity index is 3.14. The van der Waals surface area contributed by atoms with Crippen LogP contribution in [-0.2, 0) is 32.3 Å². The number of benzene rings is 1. The van der Waals surface area contributed by atoms with Gasteiger partial charge < -0.3 is 0 Å². The first kappa shape index (κ1) is 9.04. The van der Waals surface area contributed by atoms with Crippen molar-refractivity contribution in [2.45, 2.75) is 6.18 Å². The summed E-state index contributed by atoms with van der Waals surface area (Å²) in [6.07, 6.45) is -4.17. The fourth-order valence-corrected chi connectivity index (χ4v) is 2.56. The summed E-state index contributed by atoms with van der Waals surface area (Å²) in [5.74, 6) is 0. The minimum atomic E-state index is -4.17. The molecule has 4 heteroatoms. The van der Waals surface area contributed by atoms with E-state index in [1.807, 2.05) is 0 Å². The Kier molecular flexibility index (Phi) is 2.57. The summed E-state index contributed by atoms with van der Waals surface area (Å²) in [6.45, 7) is 0. The summed E-state index contributed by atoms with van der Waals surface area (Å²) >= 11 is 0.0319. The Morgan fingerprint density at radius 1 is 1.09 bits per heavy atom. The van der Waals surface area contributed by atoms with Crippen LogP contribution in [0.25, 0.3) is 0 Å². The molecule has 0 heterocycles. The van der Waals surface area contributed by atoms with Gasteiger partial charge in [0.2, 0.25) is 0 Å². The van der Waals surface area contributed by atoms with E-state index in [9.17, 15) is 13.2 Å². The molecule has 0 unspecified atom stereocenters. The first-order valence-electron chi connectivity index (χ1n) is 3.00. The van der Waals surface area contributed by atoms with Gasteiger partial charge in [-0.05, 0) is 0 Å². The first-order chi connectivity index (χ1) is 5.02. The Labute approximate surface area is 78.4 Å². The zero-order valence-corrected chi connectivity index (χ0v) is 11.1. The van der Waals surface area contributed by atoms with Gasteiger partial charge in [-0.2, -0.15) is 0 Å². The van der Waals surface area contributed by atoms with Gasteiger partial charge in [-0.15, -0.1) is 0 Å². The van der Waals surface area contributed by atoms with Crippen molar-refractivity contribution >= 4 is 3.07 Å². The maximum atomic E-state index is 12.1. The standard InChI is InChI=1S/C7H4F3.Hg/c8-7(9,10)6-4-2-1-3-5-6;/h1-4H;. The average molecular weight is 346 g/mol. The van der Waals surface area contributed by atoms with E-state index < -0.39 is 11.7 Å². The summed E-state index contributed by atoms with van der Waals surface area (Å²) in [4.78, 5) is 0. The second-order valence-corrected chi connectivity index (χ2v) is 5.12. The molecule has 0 saturated carbocycles. The number of hydrogen-bond acceptors (Lipinski definition) is 0. The van der Waals surface area contributed by atoms with Crippen LogP contribution in [0.15, 0.2) is 24.3 Å². The maximum absolute atomic E-state index is 12.1. The molecule has 1 rings (SSSR count). The van der Waals surface area contributed by atoms with E-state index in [0.29, 0.717) is 3.07 Å². The van der Waals surface area contributed by atoms with Gasteiger partial charge in [0.05, 0.1) is 0 Å². The van der Waals surface area contributed by atoms with Crippen molar-refractivity contribution < 1.29 is 39.3 Å². The molecule has 1 aromatic rings. The Hall–Kier alpha value is -0.0549. The Morgan fingerprint density at radius 3 is 2.00 bits per heavy atom. The van der Waals surface area contributed by atoms with E-state index in [2.05, 4.69) is 0 Å². The summed E-state index contributed by atoms with van der Waals surface area (Å²) in [7, 11) is 0. The number of hydrogen-bond donors (Lipinski definition) is 0. The number of halogens is 3. The minimum absolute atomic E-state index is 0.0319. The van der Waals surface area contributed by atoms with Gasteiger partial charge in [-0.1, -0.05) is 0 Å². The molecule has 0 spiro atoms. The Morgan fingerprint density at radius 2 is 1.64 bits per heavy atom. The molecule has 0 amide bonds. The van der Waals surface area contributed by atoms with Crippen molar-refractivity contribution in [2.75, 3.05) is 0 Å². The third-order valence-electron chi connectivity index (χ3n) is 1.32. The molecule has 0 bridgehead atoms. The van der Waals surface area contributed by atoms with Gasteiger partial charge in [-0.3, -0.25) is 0 Å². The summed E-state index contributed by atoms with van der Waals surface area (Å²) in [5.41, 5.74) is -0.469. The van der Waals surface area contributed by atoms with Crippen LogP contribution >= 0.6 is 0 Å². The Bertz CT molecular complexity index is 254. The van der Waals surface area contributed by atoms with Crippen LogP contribution in [0.1, 0.15) is 5.56 Å². The van der Waals surface area contributed by atoms with Crippen LogP contribution in [0.5, 0.6) is 0 Å². The van der Waals surface area contributed by atoms with E-state index in [4.69, 9.17) is 0 Å². The van der Waals surface area contributed by atoms with Crippen LogP contribution in [-0.4, -0.2) is 0 Å². The van der Waals surface area contributed by atoms with E-state index in [1.54, 1.807) is 6.07 Å². The molecule has 1 aromatic carbocycles. The average Bonchev–Trinajstić information content (AvgIpc) is 1.86. The summed E-state index contributed by atoms with van der Waals surface area (Å²) in [6, 6.07) is 5.71. The molecule has 0 aromatic heterocycles. The molecule has 0 aliphatic carbocycles. The topological polar surface area (TPSA) is 0 Å². The van der Waals surface area contributed by atoms with Gasteiger partial charge in [0, 0.05) is 0 Å². The van der Waals surface area contributed by atoms with Crippen LogP contribution in [0.4, 0.5) is 13.2 Å². The fraction of sp³-hybridized carbons (Fsp3) is 0.143. The van der Waals surface area contributed by atoms with Gasteiger partial charge in [-0.25, -0.2) is 0 Å². The molecule has 0 radical (unpaired) electrons. The summed E-state index contributed by atoms with van der Waals surface area (Å²) in [5, 5.41) is 0. The van der Waals surface area contributed by atoms with Crippen LogP contribution in [0.2, 0.25) is 0 Å². The van der Waals surface area contributed by atoms with Crippen molar-refractivity contribution in [1.29, 1.82) is 0 Å². The molecule has 0 nitrogen and oxygen atoms in total. The molecule has 0 aliphatic heterocycles. The third-order valence-corrected chi connectivity index (χ3v) is 3.72. The van der Waals surface area contributed by atoms with Crippen molar-refractivity contribution in [3.8, 4) is 0 Å². The molecular formula is C7H4F3Hg. The van der Waals surface area contributed by atoms with Gasteiger partial charge in [0.25, 0.3) is 0 Å². The molecule has 11 heavy (non-hydrogen) atoms. The van der Waals surface area contributed by atoms with Crippen LogP contribution in [0.3, 0.4) is 0 Å². The molecule has 0 N–H and O–H groups in total. The van der Waals surface area contributed by atoms with Crippen molar-refractivity contribution in [1.82, 2.24) is 0 Å². The quantitative estimate of drug-likeness (QED) is 0.630. The first-order valence-corrected chi connectivity index (χ1v) is 5.75. The predicted octanol–water partition coefficient (Wildman–Crippen LogP) is 1.88. The van der Waals surface area contributed by atoms with E-state index in [-0.39, 0.29) is 26.1 Å². The van der Waals surface area contributed by atoms with E-state index in [1.165, 1.54) is 12.1 Å². The normalized spacial score (nSPS) is 11.7. The summed E-state index contributed by atoms with van der Waals surface area (Å²) < 4.78 is 36.7. The molecular weight excluding hydrogens is 342 g/mol. The third kappa shape index (κ3) is 2.19. The van der Waals surface area contributed by atoms with Crippen molar-refractivity contribution in [2.24, 2.45) is 0 Å². The van der Waals surface area contributed by atoms with Gasteiger partial charge in [0.1, 0.15) is 0 Å². The van der Waals surface area contributed by atoms with Gasteiger partial charge >= 0.3 is 78.4 Å². The second-order valence-electron chi connectivity index (χ2n) is 2.15. The van der Waals surface area contributed by atoms with E-state index in [0.717, 1.165) is 6.07 Å². The monoisotopic (exact) mass is 347 g/mol. The molecule has 0 saturated heterocycles. The number of rotatable bonds is 0. The second kappa shape index (κ2) is 3.13. The van der Waals surface area contributed by atoms with Crippen molar-refractivity contribution in [3.63, 3.8) is 0 Å². The molecule has 0 aliphatic rings. The van der Waals surface area contributed by atoms with Crippen LogP contribution < -0.4 is 3.07 Å². The molecule has 55 valence electrons. The zero-order valence-electron chi connectivity index (χ0n) is 5.65. The van der Waals surface area contributed by atoms with Crippen molar-refractivity contribution in [3.05, 3.63) is 29.8 Å². The van der Waals surface area contributed by atoms with E-state index >= 15 is 0 Å². The predicted molar refractivity (Wildman–Crippen MR) is 31.1 cm³/mol. The molecule has 0 atom stereocenters. The van der Waals surface area contributed by atoms with Crippen LogP contribution in [0, 0.1) is 0 Å². The fourth-order valence-electron chi connectivity index (χ4n) is 0.797. The molecule has 0 fully saturated rings. The zero-order chi connectivity index (χ0) is 8.48. The number of alkyl halides is 3.